The molecule has 1 rings (SSSR count). The zero-order valence-corrected chi connectivity index (χ0v) is 10.4. The average molecular weight is 243 g/mol. The Hall–Kier alpha value is -1.14. The lowest BCUT2D eigenvalue weighted by atomic mass is 9.86. The molecule has 0 aliphatic carbocycles. The van der Waals surface area contributed by atoms with Crippen LogP contribution in [-0.4, -0.2) is 30.1 Å². The van der Waals surface area contributed by atoms with Crippen molar-refractivity contribution in [3.8, 4) is 0 Å². The lowest BCUT2D eigenvalue weighted by Crippen LogP contribution is -2.52. The molecule has 17 heavy (non-hydrogen) atoms. The number of nitrogens with one attached hydrogen (secondary N) is 2. The molecular weight excluding hydrogens is 222 g/mol. The molecule has 6 nitrogen and oxygen atoms in total. The second kappa shape index (κ2) is 5.97. The van der Waals surface area contributed by atoms with Crippen LogP contribution in [0.4, 0.5) is 0 Å². The topological polar surface area (TPSA) is 93.5 Å². The SMILES string of the molecule is CCC1(CC)CC(NC(=O)C(=O)NN)CCO1. The number of rotatable bonds is 3. The Bertz CT molecular complexity index is 290. The minimum absolute atomic E-state index is 0.0200. The first-order chi connectivity index (χ1) is 8.06. The zero-order valence-electron chi connectivity index (χ0n) is 10.4. The van der Waals surface area contributed by atoms with Crippen LogP contribution in [0.2, 0.25) is 0 Å². The Kier molecular flexibility index (Phi) is 4.89. The number of carbonyl (C=O) groups is 2. The Morgan fingerprint density at radius 1 is 1.35 bits per heavy atom. The van der Waals surface area contributed by atoms with Gasteiger partial charge in [0.2, 0.25) is 0 Å². The van der Waals surface area contributed by atoms with Crippen LogP contribution in [0.1, 0.15) is 39.5 Å². The van der Waals surface area contributed by atoms with Gasteiger partial charge >= 0.3 is 11.8 Å². The molecule has 0 saturated carbocycles. The highest BCUT2D eigenvalue weighted by Crippen LogP contribution is 2.31. The minimum atomic E-state index is -0.810. The molecule has 0 aromatic heterocycles. The van der Waals surface area contributed by atoms with Gasteiger partial charge in [-0.1, -0.05) is 13.8 Å². The summed E-state index contributed by atoms with van der Waals surface area (Å²) in [5.74, 6) is 3.41. The van der Waals surface area contributed by atoms with Gasteiger partial charge < -0.3 is 10.1 Å². The molecule has 1 saturated heterocycles. The van der Waals surface area contributed by atoms with E-state index in [-0.39, 0.29) is 11.6 Å². The predicted octanol–water partition coefficient (Wildman–Crippen LogP) is -0.170. The van der Waals surface area contributed by atoms with E-state index in [4.69, 9.17) is 10.6 Å². The third-order valence-corrected chi connectivity index (χ3v) is 3.45. The van der Waals surface area contributed by atoms with Crippen LogP contribution in [0.15, 0.2) is 0 Å². The van der Waals surface area contributed by atoms with Crippen LogP contribution in [0.3, 0.4) is 0 Å². The molecule has 1 fully saturated rings. The predicted molar refractivity (Wildman–Crippen MR) is 62.8 cm³/mol. The third-order valence-electron chi connectivity index (χ3n) is 3.45. The summed E-state index contributed by atoms with van der Waals surface area (Å²) in [6, 6.07) is -0.0200. The molecule has 0 aromatic carbocycles. The molecule has 1 atom stereocenters. The van der Waals surface area contributed by atoms with Crippen LogP contribution in [0.5, 0.6) is 0 Å². The van der Waals surface area contributed by atoms with E-state index >= 15 is 0 Å². The number of hydrogen-bond donors (Lipinski definition) is 3. The number of nitrogens with two attached hydrogens (primary N) is 1. The summed E-state index contributed by atoms with van der Waals surface area (Å²) in [5.41, 5.74) is 1.65. The fourth-order valence-corrected chi connectivity index (χ4v) is 2.21. The fraction of sp³-hybridized carbons (Fsp3) is 0.818. The number of hydrazine groups is 1. The van der Waals surface area contributed by atoms with E-state index in [2.05, 4.69) is 19.2 Å². The van der Waals surface area contributed by atoms with Crippen LogP contribution in [0.25, 0.3) is 0 Å². The summed E-state index contributed by atoms with van der Waals surface area (Å²) >= 11 is 0. The van der Waals surface area contributed by atoms with Crippen molar-refractivity contribution in [2.24, 2.45) is 5.84 Å². The maximum atomic E-state index is 11.4. The Labute approximate surface area is 101 Å². The van der Waals surface area contributed by atoms with Crippen LogP contribution in [0, 0.1) is 0 Å². The molecule has 98 valence electrons. The largest absolute Gasteiger partial charge is 0.375 e. The highest BCUT2D eigenvalue weighted by molar-refractivity contribution is 6.34. The van der Waals surface area contributed by atoms with Crippen LogP contribution in [-0.2, 0) is 14.3 Å². The molecule has 1 aliphatic heterocycles. The summed E-state index contributed by atoms with van der Waals surface area (Å²) in [6.45, 7) is 4.75. The van der Waals surface area contributed by atoms with Gasteiger partial charge in [-0.2, -0.15) is 0 Å². The van der Waals surface area contributed by atoms with Crippen molar-refractivity contribution in [2.75, 3.05) is 6.61 Å². The highest BCUT2D eigenvalue weighted by atomic mass is 16.5. The molecule has 1 unspecified atom stereocenters. The monoisotopic (exact) mass is 243 g/mol. The molecular formula is C11H21N3O3. The minimum Gasteiger partial charge on any atom is -0.375 e. The Morgan fingerprint density at radius 2 is 2.00 bits per heavy atom. The summed E-state index contributed by atoms with van der Waals surface area (Å²) in [4.78, 5) is 22.4. The molecule has 0 bridgehead atoms. The van der Waals surface area contributed by atoms with Gasteiger partial charge in [-0.05, 0) is 25.7 Å². The van der Waals surface area contributed by atoms with E-state index in [1.165, 1.54) is 0 Å². The second-order valence-corrected chi connectivity index (χ2v) is 4.38. The molecule has 0 aromatic rings. The maximum absolute atomic E-state index is 11.4. The zero-order chi connectivity index (χ0) is 12.9. The van der Waals surface area contributed by atoms with Crippen LogP contribution >= 0.6 is 0 Å². The van der Waals surface area contributed by atoms with Gasteiger partial charge in [0.15, 0.2) is 0 Å². The summed E-state index contributed by atoms with van der Waals surface area (Å²) in [5, 5.41) is 2.68. The smallest absolute Gasteiger partial charge is 0.323 e. The van der Waals surface area contributed by atoms with E-state index in [0.717, 1.165) is 25.7 Å². The van der Waals surface area contributed by atoms with E-state index in [1.54, 1.807) is 0 Å². The van der Waals surface area contributed by atoms with E-state index in [9.17, 15) is 9.59 Å². The molecule has 2 amide bonds. The van der Waals surface area contributed by atoms with Gasteiger partial charge in [-0.25, -0.2) is 5.84 Å². The number of ether oxygens (including phenoxy) is 1. The van der Waals surface area contributed by atoms with Gasteiger partial charge in [-0.15, -0.1) is 0 Å². The van der Waals surface area contributed by atoms with Crippen molar-refractivity contribution in [3.05, 3.63) is 0 Å². The highest BCUT2D eigenvalue weighted by Gasteiger charge is 2.35. The molecule has 0 spiro atoms. The number of hydrogen-bond acceptors (Lipinski definition) is 4. The Morgan fingerprint density at radius 3 is 2.53 bits per heavy atom. The Balaban J connectivity index is 2.55. The van der Waals surface area contributed by atoms with Crippen molar-refractivity contribution in [1.29, 1.82) is 0 Å². The van der Waals surface area contributed by atoms with E-state index < -0.39 is 11.8 Å². The lowest BCUT2D eigenvalue weighted by Gasteiger charge is -2.40. The molecule has 6 heteroatoms. The van der Waals surface area contributed by atoms with Gasteiger partial charge in [-0.3, -0.25) is 15.0 Å². The second-order valence-electron chi connectivity index (χ2n) is 4.38. The van der Waals surface area contributed by atoms with Crippen molar-refractivity contribution >= 4 is 11.8 Å². The maximum Gasteiger partial charge on any atom is 0.323 e. The normalized spacial score (nSPS) is 22.9. The van der Waals surface area contributed by atoms with Gasteiger partial charge in [0, 0.05) is 12.6 Å². The third kappa shape index (κ3) is 3.41. The van der Waals surface area contributed by atoms with Crippen molar-refractivity contribution < 1.29 is 14.3 Å². The van der Waals surface area contributed by atoms with E-state index in [0.29, 0.717) is 6.61 Å². The molecule has 1 aliphatic rings. The molecule has 1 heterocycles. The van der Waals surface area contributed by atoms with E-state index in [1.807, 2.05) is 5.43 Å². The number of carbonyl (C=O) groups excluding carboxylic acids is 2. The standard InChI is InChI=1S/C11H21N3O3/c1-3-11(4-2)7-8(5-6-17-11)13-9(15)10(16)14-12/h8H,3-7,12H2,1-2H3,(H,13,15)(H,14,16). The number of amides is 2. The van der Waals surface area contributed by atoms with Crippen molar-refractivity contribution in [2.45, 2.75) is 51.2 Å². The molecule has 0 radical (unpaired) electrons. The quantitative estimate of drug-likeness (QED) is 0.278. The van der Waals surface area contributed by atoms with Crippen molar-refractivity contribution in [1.82, 2.24) is 10.7 Å². The van der Waals surface area contributed by atoms with Crippen LogP contribution < -0.4 is 16.6 Å². The van der Waals surface area contributed by atoms with Gasteiger partial charge in [0.05, 0.1) is 5.60 Å². The average Bonchev–Trinajstić information content (AvgIpc) is 2.37. The summed E-state index contributed by atoms with van der Waals surface area (Å²) in [7, 11) is 0. The molecule has 4 N–H and O–H groups in total. The first-order valence-corrected chi connectivity index (χ1v) is 6.02. The summed E-state index contributed by atoms with van der Waals surface area (Å²) < 4.78 is 5.79. The fourth-order valence-electron chi connectivity index (χ4n) is 2.21. The van der Waals surface area contributed by atoms with Gasteiger partial charge in [0.1, 0.15) is 0 Å². The first-order valence-electron chi connectivity index (χ1n) is 6.02. The summed E-state index contributed by atoms with van der Waals surface area (Å²) in [6.07, 6.45) is 3.27. The first kappa shape index (κ1) is 13.9. The lowest BCUT2D eigenvalue weighted by molar-refractivity contribution is -0.141. The van der Waals surface area contributed by atoms with Crippen molar-refractivity contribution in [3.63, 3.8) is 0 Å². The van der Waals surface area contributed by atoms with Gasteiger partial charge in [0.25, 0.3) is 0 Å².